The van der Waals surface area contributed by atoms with E-state index in [2.05, 4.69) is 27.5 Å². The number of hydrogen-bond donors (Lipinski definition) is 5. The standard InChI is InChI=1S/C25H32ClN5O3.2C2HF3O2/c1-29-14-16-30(17-15-29)21-10-12-31(13-11-21)24(33)23(18-2-8-22(32)9-3-18)28-25(34)27-20-6-4-19(26)5-7-20;2*3-2(4,5)1(6)7/h2-9,21,23,32H,10-17H2,1H3,(H2,27,28,34);2*(H,6,7)/t23-;;/m1../s1. The van der Waals surface area contributed by atoms with Crippen LogP contribution in [0.3, 0.4) is 0 Å². The average Bonchev–Trinajstić information content (AvgIpc) is 3.01. The molecule has 0 spiro atoms. The van der Waals surface area contributed by atoms with Gasteiger partial charge in [-0.2, -0.15) is 26.3 Å². The molecule has 19 heteroatoms. The van der Waals surface area contributed by atoms with E-state index in [9.17, 15) is 41.0 Å². The number of likely N-dealkylation sites (N-methyl/N-ethyl adjacent to an activating group) is 1. The normalized spacial score (nSPS) is 16.7. The van der Waals surface area contributed by atoms with Crippen LogP contribution in [0.5, 0.6) is 5.75 Å². The maximum Gasteiger partial charge on any atom is 0.490 e. The zero-order valence-electron chi connectivity index (χ0n) is 25.4. The number of piperazine rings is 1. The van der Waals surface area contributed by atoms with Crippen molar-refractivity contribution >= 4 is 41.2 Å². The predicted octanol–water partition coefficient (Wildman–Crippen LogP) is 4.41. The van der Waals surface area contributed by atoms with E-state index in [0.29, 0.717) is 35.4 Å². The number of aliphatic carboxylic acids is 2. The van der Waals surface area contributed by atoms with Gasteiger partial charge < -0.3 is 35.8 Å². The van der Waals surface area contributed by atoms with Gasteiger partial charge in [-0.25, -0.2) is 14.4 Å². The van der Waals surface area contributed by atoms with E-state index < -0.39 is 36.4 Å². The zero-order valence-corrected chi connectivity index (χ0v) is 26.1. The number of hydrogen-bond acceptors (Lipinski definition) is 7. The molecular formula is C29H34ClF6N5O7. The number of anilines is 1. The molecule has 2 aliphatic rings. The third-order valence-corrected chi connectivity index (χ3v) is 7.42. The summed E-state index contributed by atoms with van der Waals surface area (Å²) in [6, 6.07) is 12.3. The van der Waals surface area contributed by atoms with Crippen LogP contribution in [0.25, 0.3) is 0 Å². The van der Waals surface area contributed by atoms with Gasteiger partial charge >= 0.3 is 30.3 Å². The van der Waals surface area contributed by atoms with Gasteiger partial charge in [-0.3, -0.25) is 9.69 Å². The highest BCUT2D eigenvalue weighted by Crippen LogP contribution is 2.24. The molecule has 1 atom stereocenters. The maximum atomic E-state index is 13.5. The zero-order chi connectivity index (χ0) is 36.2. The first-order valence-corrected chi connectivity index (χ1v) is 14.6. The molecule has 2 fully saturated rings. The van der Waals surface area contributed by atoms with Gasteiger partial charge in [0.1, 0.15) is 11.8 Å². The van der Waals surface area contributed by atoms with E-state index >= 15 is 0 Å². The average molecular weight is 714 g/mol. The van der Waals surface area contributed by atoms with E-state index in [1.54, 1.807) is 36.4 Å². The molecule has 12 nitrogen and oxygen atoms in total. The van der Waals surface area contributed by atoms with Crippen molar-refractivity contribution < 1.29 is 60.8 Å². The van der Waals surface area contributed by atoms with Crippen LogP contribution in [0.4, 0.5) is 36.8 Å². The number of likely N-dealkylation sites (tertiary alicyclic amines) is 1. The number of halogens is 7. The number of aromatic hydroxyl groups is 1. The summed E-state index contributed by atoms with van der Waals surface area (Å²) in [7, 11) is 2.15. The van der Waals surface area contributed by atoms with Crippen molar-refractivity contribution in [1.29, 1.82) is 0 Å². The first-order chi connectivity index (χ1) is 22.3. The fourth-order valence-electron chi connectivity index (χ4n) is 4.61. The maximum absolute atomic E-state index is 13.5. The highest BCUT2D eigenvalue weighted by molar-refractivity contribution is 6.30. The van der Waals surface area contributed by atoms with Crippen LogP contribution in [0.15, 0.2) is 48.5 Å². The van der Waals surface area contributed by atoms with Crippen molar-refractivity contribution in [2.75, 3.05) is 51.6 Å². The summed E-state index contributed by atoms with van der Waals surface area (Å²) < 4.78 is 63.5. The first-order valence-electron chi connectivity index (χ1n) is 14.2. The fraction of sp³-hybridized carbons (Fsp3) is 0.448. The Morgan fingerprint density at radius 1 is 0.792 bits per heavy atom. The van der Waals surface area contributed by atoms with E-state index in [1.807, 2.05) is 4.90 Å². The molecule has 3 amide bonds. The lowest BCUT2D eigenvalue weighted by molar-refractivity contribution is -0.193. The smallest absolute Gasteiger partial charge is 0.490 e. The fourth-order valence-corrected chi connectivity index (χ4v) is 4.73. The number of urea groups is 1. The number of carboxylic acids is 2. The number of phenols is 1. The summed E-state index contributed by atoms with van der Waals surface area (Å²) >= 11 is 5.92. The van der Waals surface area contributed by atoms with Gasteiger partial charge in [-0.1, -0.05) is 23.7 Å². The summed E-state index contributed by atoms with van der Waals surface area (Å²) in [5.41, 5.74) is 1.20. The van der Waals surface area contributed by atoms with Gasteiger partial charge in [0.2, 0.25) is 5.91 Å². The Balaban J connectivity index is 0.000000479. The number of nitrogens with zero attached hydrogens (tertiary/aromatic N) is 3. The third-order valence-electron chi connectivity index (χ3n) is 7.17. The van der Waals surface area contributed by atoms with E-state index in [4.69, 9.17) is 31.4 Å². The Morgan fingerprint density at radius 3 is 1.69 bits per heavy atom. The minimum Gasteiger partial charge on any atom is -0.508 e. The molecule has 4 rings (SSSR count). The molecule has 5 N–H and O–H groups in total. The summed E-state index contributed by atoms with van der Waals surface area (Å²) in [6.07, 6.45) is -8.32. The lowest BCUT2D eigenvalue weighted by Crippen LogP contribution is -2.54. The number of nitrogens with one attached hydrogen (secondary N) is 2. The Kier molecular flexibility index (Phi) is 14.7. The number of carboxylic acid groups (broad SMARTS) is 2. The van der Waals surface area contributed by atoms with Gasteiger partial charge in [0.05, 0.1) is 0 Å². The highest BCUT2D eigenvalue weighted by Gasteiger charge is 2.39. The first kappa shape index (κ1) is 39.9. The monoisotopic (exact) mass is 713 g/mol. The molecule has 2 aliphatic heterocycles. The molecule has 2 aromatic carbocycles. The van der Waals surface area contributed by atoms with Crippen molar-refractivity contribution in [3.63, 3.8) is 0 Å². The largest absolute Gasteiger partial charge is 0.508 e. The van der Waals surface area contributed by atoms with Gasteiger partial charge in [-0.05, 0) is 61.9 Å². The predicted molar refractivity (Wildman–Crippen MR) is 161 cm³/mol. The number of amides is 3. The summed E-state index contributed by atoms with van der Waals surface area (Å²) in [5.74, 6) is -5.55. The van der Waals surface area contributed by atoms with Crippen molar-refractivity contribution in [1.82, 2.24) is 20.0 Å². The van der Waals surface area contributed by atoms with E-state index in [1.165, 1.54) is 12.1 Å². The van der Waals surface area contributed by atoms with Crippen LogP contribution in [0, 0.1) is 0 Å². The molecular weight excluding hydrogens is 680 g/mol. The second-order valence-corrected chi connectivity index (χ2v) is 11.1. The third kappa shape index (κ3) is 13.4. The Hall–Kier alpha value is -4.29. The minimum atomic E-state index is -5.08. The Morgan fingerprint density at radius 2 is 1.25 bits per heavy atom. The van der Waals surface area contributed by atoms with Crippen molar-refractivity contribution in [2.45, 2.75) is 37.3 Å². The number of carbonyl (C=O) groups is 4. The van der Waals surface area contributed by atoms with Gasteiger partial charge in [0.25, 0.3) is 0 Å². The summed E-state index contributed by atoms with van der Waals surface area (Å²) in [5, 5.41) is 30.1. The minimum absolute atomic E-state index is 0.105. The number of rotatable bonds is 5. The van der Waals surface area contributed by atoms with Crippen molar-refractivity contribution in [3.8, 4) is 5.75 Å². The van der Waals surface area contributed by atoms with Crippen LogP contribution in [-0.2, 0) is 14.4 Å². The van der Waals surface area contributed by atoms with Crippen LogP contribution in [0.1, 0.15) is 24.4 Å². The molecule has 0 aromatic heterocycles. The molecule has 2 saturated heterocycles. The molecule has 266 valence electrons. The number of benzene rings is 2. The number of carbonyl (C=O) groups excluding carboxylic acids is 2. The number of phenolic OH excluding ortho intramolecular Hbond substituents is 1. The van der Waals surface area contributed by atoms with E-state index in [0.717, 1.165) is 39.0 Å². The molecule has 0 unspecified atom stereocenters. The van der Waals surface area contributed by atoms with Gasteiger partial charge in [0.15, 0.2) is 0 Å². The van der Waals surface area contributed by atoms with Crippen molar-refractivity contribution in [2.24, 2.45) is 0 Å². The molecule has 0 bridgehead atoms. The molecule has 0 radical (unpaired) electrons. The van der Waals surface area contributed by atoms with E-state index in [-0.39, 0.29) is 11.7 Å². The number of alkyl halides is 6. The lowest BCUT2D eigenvalue weighted by Gasteiger charge is -2.42. The molecule has 2 heterocycles. The lowest BCUT2D eigenvalue weighted by atomic mass is 9.99. The SMILES string of the molecule is CN1CCN(C2CCN(C(=O)[C@H](NC(=O)Nc3ccc(Cl)cc3)c3ccc(O)cc3)CC2)CC1.O=C(O)C(F)(F)F.O=C(O)C(F)(F)F. The molecule has 0 aliphatic carbocycles. The molecule has 48 heavy (non-hydrogen) atoms. The molecule has 2 aromatic rings. The van der Waals surface area contributed by atoms with Crippen molar-refractivity contribution in [3.05, 3.63) is 59.1 Å². The van der Waals surface area contributed by atoms with Crippen LogP contribution >= 0.6 is 11.6 Å². The topological polar surface area (TPSA) is 163 Å². The summed E-state index contributed by atoms with van der Waals surface area (Å²) in [4.78, 5) is 50.8. The van der Waals surface area contributed by atoms with Crippen LogP contribution in [-0.4, -0.2) is 119 Å². The van der Waals surface area contributed by atoms with Gasteiger partial charge in [-0.15, -0.1) is 0 Å². The quantitative estimate of drug-likeness (QED) is 0.283. The summed E-state index contributed by atoms with van der Waals surface area (Å²) in [6.45, 7) is 5.61. The number of piperidine rings is 1. The highest BCUT2D eigenvalue weighted by atomic mass is 35.5. The molecule has 0 saturated carbocycles. The Bertz CT molecular complexity index is 1340. The Labute approximate surface area is 275 Å². The van der Waals surface area contributed by atoms with Crippen LogP contribution < -0.4 is 10.6 Å². The second kappa shape index (κ2) is 17.7. The van der Waals surface area contributed by atoms with Crippen LogP contribution in [0.2, 0.25) is 5.02 Å². The van der Waals surface area contributed by atoms with Gasteiger partial charge in [0, 0.05) is 56.0 Å². The second-order valence-electron chi connectivity index (χ2n) is 10.6.